The average molecular weight is 401 g/mol. The van der Waals surface area contributed by atoms with Gasteiger partial charge in [-0.05, 0) is 37.3 Å². The van der Waals surface area contributed by atoms with E-state index >= 15 is 0 Å². The van der Waals surface area contributed by atoms with Crippen LogP contribution in [0.4, 0.5) is 11.4 Å². The smallest absolute Gasteiger partial charge is 0.294 e. The Kier molecular flexibility index (Phi) is 5.66. The van der Waals surface area contributed by atoms with Gasteiger partial charge in [-0.1, -0.05) is 54.6 Å². The van der Waals surface area contributed by atoms with Gasteiger partial charge in [-0.3, -0.25) is 9.59 Å². The Labute approximate surface area is 175 Å². The summed E-state index contributed by atoms with van der Waals surface area (Å²) in [7, 11) is 0. The molecule has 1 N–H and O–H groups in total. The van der Waals surface area contributed by atoms with E-state index in [1.54, 1.807) is 12.1 Å². The number of para-hydroxylation sites is 2. The van der Waals surface area contributed by atoms with E-state index in [1.165, 1.54) is 0 Å². The van der Waals surface area contributed by atoms with Gasteiger partial charge < -0.3 is 19.9 Å². The molecule has 1 aliphatic heterocycles. The summed E-state index contributed by atoms with van der Waals surface area (Å²) in [5.74, 6) is -0.151. The SMILES string of the molecule is CC(OC=O)N1CN(c2ccccc2)C(NC(=O)c2ccccc2)c2ccccc21. The number of ether oxygens (including phenoxy) is 1. The van der Waals surface area contributed by atoms with Crippen molar-refractivity contribution < 1.29 is 14.3 Å². The molecule has 6 heteroatoms. The van der Waals surface area contributed by atoms with Crippen molar-refractivity contribution in [2.24, 2.45) is 0 Å². The Morgan fingerprint density at radius 1 is 1.00 bits per heavy atom. The van der Waals surface area contributed by atoms with Crippen LogP contribution in [0.25, 0.3) is 0 Å². The van der Waals surface area contributed by atoms with Gasteiger partial charge in [0.15, 0.2) is 6.23 Å². The van der Waals surface area contributed by atoms with Gasteiger partial charge >= 0.3 is 0 Å². The molecule has 0 saturated heterocycles. The molecule has 0 fully saturated rings. The quantitative estimate of drug-likeness (QED) is 0.635. The highest BCUT2D eigenvalue weighted by Crippen LogP contribution is 2.38. The Morgan fingerprint density at radius 2 is 1.63 bits per heavy atom. The number of nitrogens with one attached hydrogen (secondary N) is 1. The lowest BCUT2D eigenvalue weighted by Gasteiger charge is -2.46. The summed E-state index contributed by atoms with van der Waals surface area (Å²) >= 11 is 0. The van der Waals surface area contributed by atoms with Gasteiger partial charge in [0.05, 0.1) is 6.67 Å². The van der Waals surface area contributed by atoms with Crippen LogP contribution in [0, 0.1) is 0 Å². The summed E-state index contributed by atoms with van der Waals surface area (Å²) in [6, 6.07) is 26.9. The van der Waals surface area contributed by atoms with E-state index in [0.717, 1.165) is 16.9 Å². The van der Waals surface area contributed by atoms with Crippen molar-refractivity contribution in [3.63, 3.8) is 0 Å². The molecule has 152 valence electrons. The van der Waals surface area contributed by atoms with E-state index in [9.17, 15) is 9.59 Å². The largest absolute Gasteiger partial charge is 0.444 e. The number of nitrogens with zero attached hydrogens (tertiary/aromatic N) is 2. The Bertz CT molecular complexity index is 1010. The van der Waals surface area contributed by atoms with E-state index in [1.807, 2.05) is 84.6 Å². The lowest BCUT2D eigenvalue weighted by molar-refractivity contribution is -0.132. The highest BCUT2D eigenvalue weighted by molar-refractivity contribution is 5.94. The molecule has 1 aliphatic rings. The molecule has 0 bridgehead atoms. The molecule has 0 aromatic heterocycles. The van der Waals surface area contributed by atoms with Crippen LogP contribution in [0.15, 0.2) is 84.9 Å². The number of carbonyl (C=O) groups is 2. The molecule has 1 heterocycles. The van der Waals surface area contributed by atoms with Crippen molar-refractivity contribution in [3.05, 3.63) is 96.1 Å². The zero-order valence-electron chi connectivity index (χ0n) is 16.6. The number of benzene rings is 3. The first-order chi connectivity index (χ1) is 14.7. The highest BCUT2D eigenvalue weighted by atomic mass is 16.5. The second kappa shape index (κ2) is 8.69. The number of anilines is 2. The number of hydrogen-bond acceptors (Lipinski definition) is 5. The third kappa shape index (κ3) is 3.85. The van der Waals surface area contributed by atoms with Crippen molar-refractivity contribution >= 4 is 23.8 Å². The summed E-state index contributed by atoms with van der Waals surface area (Å²) in [6.07, 6.45) is -0.836. The first-order valence-electron chi connectivity index (χ1n) is 9.81. The van der Waals surface area contributed by atoms with E-state index in [4.69, 9.17) is 4.74 Å². The second-order valence-electron chi connectivity index (χ2n) is 7.05. The number of fused-ring (bicyclic) bond motifs is 1. The lowest BCUT2D eigenvalue weighted by atomic mass is 10.0. The predicted molar refractivity (Wildman–Crippen MR) is 116 cm³/mol. The van der Waals surface area contributed by atoms with E-state index in [0.29, 0.717) is 18.7 Å². The summed E-state index contributed by atoms with van der Waals surface area (Å²) in [4.78, 5) is 28.1. The monoisotopic (exact) mass is 401 g/mol. The molecule has 30 heavy (non-hydrogen) atoms. The molecular weight excluding hydrogens is 378 g/mol. The summed E-state index contributed by atoms with van der Waals surface area (Å²) in [5, 5.41) is 3.18. The first kappa shape index (κ1) is 19.5. The highest BCUT2D eigenvalue weighted by Gasteiger charge is 2.35. The van der Waals surface area contributed by atoms with Gasteiger partial charge in [-0.15, -0.1) is 0 Å². The minimum absolute atomic E-state index is 0.151. The third-order valence-electron chi connectivity index (χ3n) is 5.24. The topological polar surface area (TPSA) is 61.9 Å². The fraction of sp³-hybridized carbons (Fsp3) is 0.167. The Balaban J connectivity index is 1.76. The van der Waals surface area contributed by atoms with Crippen molar-refractivity contribution in [1.29, 1.82) is 0 Å². The van der Waals surface area contributed by atoms with Crippen LogP contribution in [0.5, 0.6) is 0 Å². The first-order valence-corrected chi connectivity index (χ1v) is 9.81. The maximum Gasteiger partial charge on any atom is 0.294 e. The van der Waals surface area contributed by atoms with Crippen LogP contribution in [0.1, 0.15) is 29.0 Å². The molecule has 2 atom stereocenters. The number of carbonyl (C=O) groups excluding carboxylic acids is 2. The molecule has 6 nitrogen and oxygen atoms in total. The molecular formula is C24H23N3O3. The maximum absolute atomic E-state index is 13.0. The number of amides is 1. The molecule has 0 saturated carbocycles. The fourth-order valence-electron chi connectivity index (χ4n) is 3.74. The standard InChI is InChI=1S/C24H23N3O3/c1-18(30-17-28)26-16-27(20-12-6-3-7-13-20)23(21-14-8-9-15-22(21)26)25-24(29)19-10-4-2-5-11-19/h2-15,17-18,23H,16H2,1H3,(H,25,29). The molecule has 0 spiro atoms. The van der Waals surface area contributed by atoms with E-state index in [-0.39, 0.29) is 12.1 Å². The summed E-state index contributed by atoms with van der Waals surface area (Å²) in [5.41, 5.74) is 3.40. The van der Waals surface area contributed by atoms with Gasteiger partial charge in [-0.2, -0.15) is 0 Å². The molecule has 3 aromatic carbocycles. The van der Waals surface area contributed by atoms with Crippen molar-refractivity contribution in [1.82, 2.24) is 5.32 Å². The maximum atomic E-state index is 13.0. The van der Waals surface area contributed by atoms with Crippen molar-refractivity contribution in [3.8, 4) is 0 Å². The second-order valence-corrected chi connectivity index (χ2v) is 7.05. The fourth-order valence-corrected chi connectivity index (χ4v) is 3.74. The van der Waals surface area contributed by atoms with Gasteiger partial charge in [0.2, 0.25) is 0 Å². The molecule has 1 amide bonds. The molecule has 0 aliphatic carbocycles. The molecule has 3 aromatic rings. The van der Waals surface area contributed by atoms with E-state index in [2.05, 4.69) is 10.2 Å². The van der Waals surface area contributed by atoms with Gasteiger partial charge in [-0.25, -0.2) is 0 Å². The lowest BCUT2D eigenvalue weighted by Crippen LogP contribution is -2.54. The van der Waals surface area contributed by atoms with Crippen LogP contribution >= 0.6 is 0 Å². The Hall–Kier alpha value is -3.80. The van der Waals surface area contributed by atoms with Crippen LogP contribution < -0.4 is 15.1 Å². The summed E-state index contributed by atoms with van der Waals surface area (Å²) in [6.45, 7) is 2.73. The minimum atomic E-state index is -0.458. The van der Waals surface area contributed by atoms with Crippen molar-refractivity contribution in [2.75, 3.05) is 16.5 Å². The van der Waals surface area contributed by atoms with E-state index < -0.39 is 6.23 Å². The van der Waals surface area contributed by atoms with Gasteiger partial charge in [0, 0.05) is 22.5 Å². The predicted octanol–water partition coefficient (Wildman–Crippen LogP) is 3.92. The van der Waals surface area contributed by atoms with Gasteiger partial charge in [0.1, 0.15) is 6.17 Å². The molecule has 4 rings (SSSR count). The summed E-state index contributed by atoms with van der Waals surface area (Å²) < 4.78 is 5.24. The molecule has 0 radical (unpaired) electrons. The average Bonchev–Trinajstić information content (AvgIpc) is 2.80. The van der Waals surface area contributed by atoms with Crippen molar-refractivity contribution in [2.45, 2.75) is 19.3 Å². The number of hydrogen-bond donors (Lipinski definition) is 1. The third-order valence-corrected chi connectivity index (χ3v) is 5.24. The van der Waals surface area contributed by atoms with Gasteiger partial charge in [0.25, 0.3) is 12.4 Å². The molecule has 2 unspecified atom stereocenters. The zero-order valence-corrected chi connectivity index (χ0v) is 16.6. The van der Waals surface area contributed by atoms with Crippen LogP contribution in [-0.2, 0) is 9.53 Å². The van der Waals surface area contributed by atoms with Crippen LogP contribution in [-0.4, -0.2) is 25.3 Å². The Morgan fingerprint density at radius 3 is 2.33 bits per heavy atom. The van der Waals surface area contributed by atoms with Crippen LogP contribution in [0.2, 0.25) is 0 Å². The zero-order chi connectivity index (χ0) is 20.9. The minimum Gasteiger partial charge on any atom is -0.444 e. The van der Waals surface area contributed by atoms with Crippen LogP contribution in [0.3, 0.4) is 0 Å². The number of rotatable bonds is 6. The normalized spacial score (nSPS) is 16.4.